The molecule has 0 spiro atoms. The summed E-state index contributed by atoms with van der Waals surface area (Å²) in [5.74, 6) is 0.0954. The Balaban J connectivity index is 1.75. The van der Waals surface area contributed by atoms with Gasteiger partial charge in [-0.2, -0.15) is 0 Å². The number of aromatic nitrogens is 2. The second-order valence-electron chi connectivity index (χ2n) is 6.45. The van der Waals surface area contributed by atoms with Crippen molar-refractivity contribution in [3.63, 3.8) is 0 Å². The van der Waals surface area contributed by atoms with Crippen LogP contribution in [0.15, 0.2) is 53.3 Å². The van der Waals surface area contributed by atoms with Gasteiger partial charge >= 0.3 is 0 Å². The predicted molar refractivity (Wildman–Crippen MR) is 98.4 cm³/mol. The largest absolute Gasteiger partial charge is 0.325 e. The number of nitrogens with one attached hydrogen (secondary N) is 2. The Hall–Kier alpha value is -2.95. The van der Waals surface area contributed by atoms with Crippen LogP contribution in [0.3, 0.4) is 0 Å². The molecular weight excluding hydrogens is 314 g/mol. The monoisotopic (exact) mass is 333 g/mol. The van der Waals surface area contributed by atoms with E-state index in [2.05, 4.69) is 15.3 Å². The van der Waals surface area contributed by atoms with E-state index in [1.54, 1.807) is 0 Å². The standard InChI is InChI=1S/C20H19N3O2/c24-19(13-7-1-2-8-13)22-15-10-4-3-9-14(15)18-20(25)23-17-12-6-5-11-16(17)21-18/h3-6,9-13H,1-2,7-8H2,(H,22,24)(H,23,25). The average Bonchev–Trinajstić information content (AvgIpc) is 3.17. The number of H-pyrrole nitrogens is 1. The molecule has 2 N–H and O–H groups in total. The molecule has 0 atom stereocenters. The van der Waals surface area contributed by atoms with Gasteiger partial charge in [0.1, 0.15) is 5.69 Å². The molecule has 1 amide bonds. The Morgan fingerprint density at radius 1 is 1.04 bits per heavy atom. The third-order valence-corrected chi connectivity index (χ3v) is 4.77. The molecule has 1 aliphatic rings. The number of carbonyl (C=O) groups excluding carboxylic acids is 1. The summed E-state index contributed by atoms with van der Waals surface area (Å²) in [6.45, 7) is 0. The molecule has 1 aliphatic carbocycles. The second kappa shape index (κ2) is 6.51. The summed E-state index contributed by atoms with van der Waals surface area (Å²) in [4.78, 5) is 32.4. The van der Waals surface area contributed by atoms with Crippen molar-refractivity contribution in [1.82, 2.24) is 9.97 Å². The summed E-state index contributed by atoms with van der Waals surface area (Å²) in [6.07, 6.45) is 4.07. The number of hydrogen-bond donors (Lipinski definition) is 2. The molecule has 4 rings (SSSR count). The number of carbonyl (C=O) groups is 1. The Morgan fingerprint density at radius 3 is 2.60 bits per heavy atom. The lowest BCUT2D eigenvalue weighted by molar-refractivity contribution is -0.119. The molecule has 3 aromatic rings. The van der Waals surface area contributed by atoms with Gasteiger partial charge in [0.25, 0.3) is 5.56 Å². The fourth-order valence-corrected chi connectivity index (χ4v) is 3.43. The van der Waals surface area contributed by atoms with E-state index in [0.717, 1.165) is 25.7 Å². The van der Waals surface area contributed by atoms with Gasteiger partial charge in [-0.1, -0.05) is 43.2 Å². The van der Waals surface area contributed by atoms with E-state index >= 15 is 0 Å². The second-order valence-corrected chi connectivity index (χ2v) is 6.45. The molecule has 0 unspecified atom stereocenters. The molecule has 5 heteroatoms. The van der Waals surface area contributed by atoms with Gasteiger partial charge in [0.15, 0.2) is 0 Å². The zero-order valence-electron chi connectivity index (χ0n) is 13.8. The number of aromatic amines is 1. The van der Waals surface area contributed by atoms with Crippen molar-refractivity contribution in [2.45, 2.75) is 25.7 Å². The molecule has 0 radical (unpaired) electrons. The summed E-state index contributed by atoms with van der Waals surface area (Å²) >= 11 is 0. The van der Waals surface area contributed by atoms with Gasteiger partial charge in [-0.25, -0.2) is 4.98 Å². The highest BCUT2D eigenvalue weighted by Gasteiger charge is 2.23. The van der Waals surface area contributed by atoms with Crippen molar-refractivity contribution in [1.29, 1.82) is 0 Å². The van der Waals surface area contributed by atoms with Gasteiger partial charge in [0.2, 0.25) is 5.91 Å². The maximum atomic E-state index is 12.5. The van der Waals surface area contributed by atoms with E-state index in [0.29, 0.717) is 28.0 Å². The third-order valence-electron chi connectivity index (χ3n) is 4.77. The van der Waals surface area contributed by atoms with E-state index in [1.807, 2.05) is 48.5 Å². The number of rotatable bonds is 3. The topological polar surface area (TPSA) is 74.8 Å². The molecule has 1 aromatic heterocycles. The lowest BCUT2D eigenvalue weighted by atomic mass is 10.1. The number of nitrogens with zero attached hydrogens (tertiary/aromatic N) is 1. The Bertz CT molecular complexity index is 987. The number of anilines is 1. The fraction of sp³-hybridized carbons (Fsp3) is 0.250. The summed E-state index contributed by atoms with van der Waals surface area (Å²) in [6, 6.07) is 14.7. The molecular formula is C20H19N3O2. The molecule has 1 fully saturated rings. The number of para-hydroxylation sites is 3. The Labute approximate surface area is 145 Å². The van der Waals surface area contributed by atoms with Crippen molar-refractivity contribution in [3.05, 3.63) is 58.9 Å². The molecule has 0 bridgehead atoms. The van der Waals surface area contributed by atoms with Crippen molar-refractivity contribution in [2.75, 3.05) is 5.32 Å². The van der Waals surface area contributed by atoms with Gasteiger partial charge in [-0.15, -0.1) is 0 Å². The molecule has 1 saturated carbocycles. The van der Waals surface area contributed by atoms with Crippen LogP contribution in [0.25, 0.3) is 22.3 Å². The minimum Gasteiger partial charge on any atom is -0.325 e. The van der Waals surface area contributed by atoms with Crippen LogP contribution < -0.4 is 10.9 Å². The molecule has 5 nitrogen and oxygen atoms in total. The first-order valence-corrected chi connectivity index (χ1v) is 8.62. The van der Waals surface area contributed by atoms with Crippen molar-refractivity contribution in [2.24, 2.45) is 5.92 Å². The maximum absolute atomic E-state index is 12.5. The molecule has 0 aliphatic heterocycles. The van der Waals surface area contributed by atoms with Gasteiger partial charge in [0.05, 0.1) is 16.7 Å². The van der Waals surface area contributed by atoms with E-state index in [1.165, 1.54) is 0 Å². The average molecular weight is 333 g/mol. The molecule has 25 heavy (non-hydrogen) atoms. The fourth-order valence-electron chi connectivity index (χ4n) is 3.43. The number of benzene rings is 2. The van der Waals surface area contributed by atoms with Gasteiger partial charge in [0, 0.05) is 11.5 Å². The molecule has 1 heterocycles. The van der Waals surface area contributed by atoms with E-state index in [-0.39, 0.29) is 17.4 Å². The summed E-state index contributed by atoms with van der Waals surface area (Å²) < 4.78 is 0. The first kappa shape index (κ1) is 15.6. The van der Waals surface area contributed by atoms with Crippen LogP contribution in [-0.2, 0) is 4.79 Å². The van der Waals surface area contributed by atoms with Crippen molar-refractivity contribution in [3.8, 4) is 11.3 Å². The zero-order valence-corrected chi connectivity index (χ0v) is 13.8. The van der Waals surface area contributed by atoms with Crippen LogP contribution in [0.4, 0.5) is 5.69 Å². The SMILES string of the molecule is O=C(Nc1ccccc1-c1nc2ccccc2[nH]c1=O)C1CCCC1. The van der Waals surface area contributed by atoms with Crippen LogP contribution in [0.2, 0.25) is 0 Å². The summed E-state index contributed by atoms with van der Waals surface area (Å²) in [5, 5.41) is 2.99. The third kappa shape index (κ3) is 3.05. The van der Waals surface area contributed by atoms with Crippen molar-refractivity contribution < 1.29 is 4.79 Å². The summed E-state index contributed by atoms with van der Waals surface area (Å²) in [7, 11) is 0. The van der Waals surface area contributed by atoms with E-state index in [4.69, 9.17) is 0 Å². The Kier molecular flexibility index (Phi) is 4.06. The quantitative estimate of drug-likeness (QED) is 0.767. The van der Waals surface area contributed by atoms with E-state index < -0.39 is 0 Å². The van der Waals surface area contributed by atoms with Crippen LogP contribution in [-0.4, -0.2) is 15.9 Å². The lowest BCUT2D eigenvalue weighted by Gasteiger charge is -2.13. The van der Waals surface area contributed by atoms with Crippen LogP contribution >= 0.6 is 0 Å². The van der Waals surface area contributed by atoms with E-state index in [9.17, 15) is 9.59 Å². The van der Waals surface area contributed by atoms with Crippen molar-refractivity contribution >= 4 is 22.6 Å². The highest BCUT2D eigenvalue weighted by molar-refractivity contribution is 5.96. The maximum Gasteiger partial charge on any atom is 0.275 e. The molecule has 126 valence electrons. The van der Waals surface area contributed by atoms with Gasteiger partial charge in [-0.05, 0) is 31.0 Å². The van der Waals surface area contributed by atoms with Gasteiger partial charge < -0.3 is 10.3 Å². The number of amides is 1. The smallest absolute Gasteiger partial charge is 0.275 e. The van der Waals surface area contributed by atoms with Crippen LogP contribution in [0, 0.1) is 5.92 Å². The predicted octanol–water partition coefficient (Wildman–Crippen LogP) is 3.72. The minimum atomic E-state index is -0.263. The van der Waals surface area contributed by atoms with Gasteiger partial charge in [-0.3, -0.25) is 9.59 Å². The number of hydrogen-bond acceptors (Lipinski definition) is 3. The Morgan fingerprint density at radius 2 is 1.76 bits per heavy atom. The molecule has 0 saturated heterocycles. The first-order chi connectivity index (χ1) is 12.2. The minimum absolute atomic E-state index is 0.0298. The highest BCUT2D eigenvalue weighted by Crippen LogP contribution is 2.29. The first-order valence-electron chi connectivity index (χ1n) is 8.62. The zero-order chi connectivity index (χ0) is 17.2. The normalized spacial score (nSPS) is 14.7. The number of fused-ring (bicyclic) bond motifs is 1. The highest BCUT2D eigenvalue weighted by atomic mass is 16.2. The summed E-state index contributed by atoms with van der Waals surface area (Å²) in [5.41, 5.74) is 2.74. The lowest BCUT2D eigenvalue weighted by Crippen LogP contribution is -2.21. The molecule has 2 aromatic carbocycles. The van der Waals surface area contributed by atoms with Crippen LogP contribution in [0.5, 0.6) is 0 Å². The van der Waals surface area contributed by atoms with Crippen LogP contribution in [0.1, 0.15) is 25.7 Å².